The first-order valence-corrected chi connectivity index (χ1v) is 5.26. The highest BCUT2D eigenvalue weighted by Crippen LogP contribution is 2.36. The first kappa shape index (κ1) is 9.57. The summed E-state index contributed by atoms with van der Waals surface area (Å²) in [6.45, 7) is 9.64. The molecule has 1 atom stereocenters. The zero-order chi connectivity index (χ0) is 10.3. The minimum absolute atomic E-state index is 0.150. The Balaban J connectivity index is 2.46. The molecular formula is C13H18O. The van der Waals surface area contributed by atoms with Gasteiger partial charge in [-0.05, 0) is 12.5 Å². The van der Waals surface area contributed by atoms with Crippen molar-refractivity contribution in [3.63, 3.8) is 0 Å². The molecule has 0 saturated carbocycles. The van der Waals surface area contributed by atoms with E-state index >= 15 is 0 Å². The molecule has 0 saturated heterocycles. The molecule has 14 heavy (non-hydrogen) atoms. The van der Waals surface area contributed by atoms with Gasteiger partial charge < -0.3 is 4.74 Å². The first-order valence-electron chi connectivity index (χ1n) is 5.26. The van der Waals surface area contributed by atoms with Gasteiger partial charge in [0.15, 0.2) is 0 Å². The third kappa shape index (κ3) is 1.52. The van der Waals surface area contributed by atoms with Crippen molar-refractivity contribution in [1.82, 2.24) is 0 Å². The van der Waals surface area contributed by atoms with Crippen LogP contribution in [0.3, 0.4) is 0 Å². The lowest BCUT2D eigenvalue weighted by Crippen LogP contribution is -2.04. The Hall–Kier alpha value is -0.980. The van der Waals surface area contributed by atoms with Gasteiger partial charge >= 0.3 is 0 Å². The first-order chi connectivity index (χ1) is 6.49. The van der Waals surface area contributed by atoms with Gasteiger partial charge in [-0.1, -0.05) is 39.0 Å². The molecule has 0 spiro atoms. The fourth-order valence-electron chi connectivity index (χ4n) is 2.16. The summed E-state index contributed by atoms with van der Waals surface area (Å²) in [7, 11) is 0. The minimum Gasteiger partial charge on any atom is -0.492 e. The maximum atomic E-state index is 5.71. The monoisotopic (exact) mass is 190 g/mol. The lowest BCUT2D eigenvalue weighted by atomic mass is 9.91. The zero-order valence-electron chi connectivity index (χ0n) is 9.42. The Morgan fingerprint density at radius 3 is 2.86 bits per heavy atom. The number of hydrogen-bond acceptors (Lipinski definition) is 1. The standard InChI is InChI=1S/C13H18O/c1-9-7-13(3,4)6-5-11-10(2)8-14-12(9)11/h5-7,10H,8H2,1-4H3. The van der Waals surface area contributed by atoms with Crippen LogP contribution < -0.4 is 0 Å². The summed E-state index contributed by atoms with van der Waals surface area (Å²) in [5.41, 5.74) is 2.79. The van der Waals surface area contributed by atoms with Gasteiger partial charge in [0.1, 0.15) is 5.76 Å². The van der Waals surface area contributed by atoms with Crippen molar-refractivity contribution in [2.24, 2.45) is 11.3 Å². The van der Waals surface area contributed by atoms with Crippen LogP contribution in [-0.2, 0) is 4.74 Å². The smallest absolute Gasteiger partial charge is 0.125 e. The van der Waals surface area contributed by atoms with Gasteiger partial charge in [-0.2, -0.15) is 0 Å². The molecule has 0 bridgehead atoms. The predicted molar refractivity (Wildman–Crippen MR) is 58.8 cm³/mol. The lowest BCUT2D eigenvalue weighted by molar-refractivity contribution is 0.229. The zero-order valence-corrected chi connectivity index (χ0v) is 9.42. The molecule has 1 heteroatoms. The topological polar surface area (TPSA) is 9.23 Å². The van der Waals surface area contributed by atoms with Gasteiger partial charge in [0.05, 0.1) is 6.61 Å². The molecule has 0 aromatic carbocycles. The number of ether oxygens (including phenoxy) is 1. The van der Waals surface area contributed by atoms with Crippen LogP contribution >= 0.6 is 0 Å². The summed E-state index contributed by atoms with van der Waals surface area (Å²) in [5.74, 6) is 1.65. The van der Waals surface area contributed by atoms with E-state index in [4.69, 9.17) is 4.74 Å². The van der Waals surface area contributed by atoms with Gasteiger partial charge in [-0.3, -0.25) is 0 Å². The molecule has 0 N–H and O–H groups in total. The summed E-state index contributed by atoms with van der Waals surface area (Å²) in [6.07, 6.45) is 6.79. The SMILES string of the molecule is CC1=CC(C)(C)C=CC2=C1OCC2C. The molecule has 1 aliphatic heterocycles. The van der Waals surface area contributed by atoms with E-state index in [1.165, 1.54) is 11.1 Å². The average Bonchev–Trinajstić information content (AvgIpc) is 2.37. The second-order valence-electron chi connectivity index (χ2n) is 4.98. The van der Waals surface area contributed by atoms with Gasteiger partial charge in [0.25, 0.3) is 0 Å². The van der Waals surface area contributed by atoms with Gasteiger partial charge in [0, 0.05) is 16.9 Å². The molecule has 0 amide bonds. The second kappa shape index (κ2) is 3.01. The Morgan fingerprint density at radius 1 is 1.43 bits per heavy atom. The van der Waals surface area contributed by atoms with E-state index in [0.717, 1.165) is 12.4 Å². The molecule has 2 rings (SSSR count). The summed E-state index contributed by atoms with van der Waals surface area (Å²) in [4.78, 5) is 0. The van der Waals surface area contributed by atoms with Crippen LogP contribution in [0.15, 0.2) is 35.1 Å². The molecule has 0 radical (unpaired) electrons. The molecule has 0 aromatic heterocycles. The largest absolute Gasteiger partial charge is 0.492 e. The molecule has 1 aliphatic carbocycles. The van der Waals surface area contributed by atoms with Crippen molar-refractivity contribution >= 4 is 0 Å². The van der Waals surface area contributed by atoms with Crippen LogP contribution in [0.5, 0.6) is 0 Å². The van der Waals surface area contributed by atoms with Gasteiger partial charge in [0.2, 0.25) is 0 Å². The summed E-state index contributed by atoms with van der Waals surface area (Å²) >= 11 is 0. The van der Waals surface area contributed by atoms with E-state index in [-0.39, 0.29) is 5.41 Å². The van der Waals surface area contributed by atoms with E-state index in [0.29, 0.717) is 5.92 Å². The molecule has 1 heterocycles. The number of allylic oxidation sites excluding steroid dienone is 4. The van der Waals surface area contributed by atoms with E-state index in [9.17, 15) is 0 Å². The predicted octanol–water partition coefficient (Wildman–Crippen LogP) is 3.45. The Morgan fingerprint density at radius 2 is 2.14 bits per heavy atom. The van der Waals surface area contributed by atoms with Crippen molar-refractivity contribution < 1.29 is 4.74 Å². The fourth-order valence-corrected chi connectivity index (χ4v) is 2.16. The van der Waals surface area contributed by atoms with Crippen LogP contribution in [0.1, 0.15) is 27.7 Å². The highest BCUT2D eigenvalue weighted by Gasteiger charge is 2.26. The van der Waals surface area contributed by atoms with Crippen molar-refractivity contribution in [1.29, 1.82) is 0 Å². The minimum atomic E-state index is 0.150. The van der Waals surface area contributed by atoms with Crippen LogP contribution in [-0.4, -0.2) is 6.61 Å². The fraction of sp³-hybridized carbons (Fsp3) is 0.538. The average molecular weight is 190 g/mol. The van der Waals surface area contributed by atoms with Gasteiger partial charge in [-0.15, -0.1) is 0 Å². The summed E-state index contributed by atoms with van der Waals surface area (Å²) in [6, 6.07) is 0. The van der Waals surface area contributed by atoms with Crippen LogP contribution in [0.4, 0.5) is 0 Å². The van der Waals surface area contributed by atoms with Crippen LogP contribution in [0, 0.1) is 11.3 Å². The van der Waals surface area contributed by atoms with E-state index in [2.05, 4.69) is 45.9 Å². The van der Waals surface area contributed by atoms with Gasteiger partial charge in [-0.25, -0.2) is 0 Å². The summed E-state index contributed by atoms with van der Waals surface area (Å²) in [5, 5.41) is 0. The van der Waals surface area contributed by atoms with Crippen LogP contribution in [0.25, 0.3) is 0 Å². The van der Waals surface area contributed by atoms with E-state index in [1.807, 2.05) is 0 Å². The number of rotatable bonds is 0. The maximum Gasteiger partial charge on any atom is 0.125 e. The Kier molecular flexibility index (Phi) is 2.06. The second-order valence-corrected chi connectivity index (χ2v) is 4.98. The normalized spacial score (nSPS) is 29.4. The van der Waals surface area contributed by atoms with E-state index in [1.54, 1.807) is 0 Å². The lowest BCUT2D eigenvalue weighted by Gasteiger charge is -2.15. The Bertz CT molecular complexity index is 342. The highest BCUT2D eigenvalue weighted by atomic mass is 16.5. The highest BCUT2D eigenvalue weighted by molar-refractivity contribution is 5.43. The van der Waals surface area contributed by atoms with Crippen LogP contribution in [0.2, 0.25) is 0 Å². The van der Waals surface area contributed by atoms with E-state index < -0.39 is 0 Å². The van der Waals surface area contributed by atoms with Crippen molar-refractivity contribution in [3.8, 4) is 0 Å². The van der Waals surface area contributed by atoms with Crippen molar-refractivity contribution in [2.45, 2.75) is 27.7 Å². The van der Waals surface area contributed by atoms with Crippen molar-refractivity contribution in [3.05, 3.63) is 35.1 Å². The molecular weight excluding hydrogens is 172 g/mol. The number of hydrogen-bond donors (Lipinski definition) is 0. The Labute approximate surface area is 86.2 Å². The third-order valence-corrected chi connectivity index (χ3v) is 2.91. The molecule has 2 aliphatic rings. The third-order valence-electron chi connectivity index (χ3n) is 2.91. The van der Waals surface area contributed by atoms with Crippen molar-refractivity contribution in [2.75, 3.05) is 6.61 Å². The summed E-state index contributed by atoms with van der Waals surface area (Å²) < 4.78 is 5.71. The molecule has 1 nitrogen and oxygen atoms in total. The quantitative estimate of drug-likeness (QED) is 0.568. The maximum absolute atomic E-state index is 5.71. The molecule has 76 valence electrons. The molecule has 0 fully saturated rings. The molecule has 1 unspecified atom stereocenters. The molecule has 0 aromatic rings.